The lowest BCUT2D eigenvalue weighted by molar-refractivity contribution is 1.52. The molecule has 0 amide bonds. The molecule has 0 fully saturated rings. The van der Waals surface area contributed by atoms with E-state index in [0.29, 0.717) is 0 Å². The van der Waals surface area contributed by atoms with Crippen LogP contribution < -0.4 is 0 Å². The maximum Gasteiger partial charge on any atom is -0.0115 e. The summed E-state index contributed by atoms with van der Waals surface area (Å²) in [5, 5.41) is 0. The van der Waals surface area contributed by atoms with Gasteiger partial charge in [0.1, 0.15) is 0 Å². The molecule has 0 N–H and O–H groups in total. The molecule has 0 bridgehead atoms. The first-order valence-electron chi connectivity index (χ1n) is 4.73. The van der Waals surface area contributed by atoms with Gasteiger partial charge in [-0.1, -0.05) is 55.1 Å². The molecular weight excluding hydrogens is 168 g/mol. The Morgan fingerprint density at radius 1 is 1.14 bits per heavy atom. The highest BCUT2D eigenvalue weighted by Crippen LogP contribution is 2.23. The van der Waals surface area contributed by atoms with Crippen LogP contribution in [-0.2, 0) is 0 Å². The van der Waals surface area contributed by atoms with Crippen molar-refractivity contribution in [3.8, 4) is 0 Å². The SMILES string of the molecule is C=C(C)c1ccccc1C(=C)/C=C/C. The second kappa shape index (κ2) is 4.61. The normalized spacial score (nSPS) is 10.4. The van der Waals surface area contributed by atoms with Gasteiger partial charge in [0.05, 0.1) is 0 Å². The average Bonchev–Trinajstić information content (AvgIpc) is 2.18. The maximum atomic E-state index is 4.03. The van der Waals surface area contributed by atoms with Crippen LogP contribution in [0.3, 0.4) is 0 Å². The minimum atomic E-state index is 1.03. The highest BCUT2D eigenvalue weighted by molar-refractivity contribution is 5.81. The van der Waals surface area contributed by atoms with Crippen molar-refractivity contribution in [3.05, 3.63) is 60.7 Å². The average molecular weight is 184 g/mol. The third kappa shape index (κ3) is 2.23. The molecule has 72 valence electrons. The van der Waals surface area contributed by atoms with E-state index >= 15 is 0 Å². The molecule has 0 spiro atoms. The van der Waals surface area contributed by atoms with Gasteiger partial charge in [0.25, 0.3) is 0 Å². The van der Waals surface area contributed by atoms with E-state index in [0.717, 1.165) is 16.7 Å². The van der Waals surface area contributed by atoms with Gasteiger partial charge in [-0.15, -0.1) is 0 Å². The van der Waals surface area contributed by atoms with E-state index in [1.54, 1.807) is 0 Å². The molecule has 1 rings (SSSR count). The highest BCUT2D eigenvalue weighted by Gasteiger charge is 2.02. The van der Waals surface area contributed by atoms with Gasteiger partial charge in [-0.3, -0.25) is 0 Å². The molecule has 0 saturated heterocycles. The fourth-order valence-electron chi connectivity index (χ4n) is 1.43. The monoisotopic (exact) mass is 184 g/mol. The van der Waals surface area contributed by atoms with Crippen molar-refractivity contribution in [2.45, 2.75) is 13.8 Å². The van der Waals surface area contributed by atoms with E-state index in [1.807, 2.05) is 38.1 Å². The molecule has 0 saturated carbocycles. The van der Waals surface area contributed by atoms with Gasteiger partial charge in [-0.2, -0.15) is 0 Å². The van der Waals surface area contributed by atoms with Crippen LogP contribution in [0.25, 0.3) is 11.1 Å². The molecule has 0 atom stereocenters. The predicted octanol–water partition coefficient (Wildman–Crippen LogP) is 4.31. The summed E-state index contributed by atoms with van der Waals surface area (Å²) in [5.74, 6) is 0. The van der Waals surface area contributed by atoms with Crippen molar-refractivity contribution in [2.24, 2.45) is 0 Å². The largest absolute Gasteiger partial charge is 0.0955 e. The Labute approximate surface area is 86.3 Å². The van der Waals surface area contributed by atoms with Crippen molar-refractivity contribution in [3.63, 3.8) is 0 Å². The van der Waals surface area contributed by atoms with E-state index in [-0.39, 0.29) is 0 Å². The lowest BCUT2D eigenvalue weighted by Gasteiger charge is -2.08. The Morgan fingerprint density at radius 3 is 2.21 bits per heavy atom. The summed E-state index contributed by atoms with van der Waals surface area (Å²) in [4.78, 5) is 0. The molecule has 1 aromatic rings. The van der Waals surface area contributed by atoms with Crippen LogP contribution in [0.1, 0.15) is 25.0 Å². The zero-order valence-electron chi connectivity index (χ0n) is 8.88. The van der Waals surface area contributed by atoms with Gasteiger partial charge in [-0.05, 0) is 30.5 Å². The molecule has 14 heavy (non-hydrogen) atoms. The predicted molar refractivity (Wildman–Crippen MR) is 65.0 cm³/mol. The number of hydrogen-bond acceptors (Lipinski definition) is 0. The van der Waals surface area contributed by atoms with Crippen molar-refractivity contribution < 1.29 is 0 Å². The maximum absolute atomic E-state index is 4.03. The summed E-state index contributed by atoms with van der Waals surface area (Å²) in [6.07, 6.45) is 4.01. The number of hydrogen-bond donors (Lipinski definition) is 0. The van der Waals surface area contributed by atoms with E-state index in [9.17, 15) is 0 Å². The van der Waals surface area contributed by atoms with Crippen molar-refractivity contribution in [1.29, 1.82) is 0 Å². The van der Waals surface area contributed by atoms with Gasteiger partial charge in [0, 0.05) is 0 Å². The molecule has 0 heterocycles. The van der Waals surface area contributed by atoms with Gasteiger partial charge in [0.15, 0.2) is 0 Å². The Hall–Kier alpha value is -1.56. The number of benzene rings is 1. The summed E-state index contributed by atoms with van der Waals surface area (Å²) in [6.45, 7) is 12.0. The Morgan fingerprint density at radius 2 is 1.71 bits per heavy atom. The third-order valence-corrected chi connectivity index (χ3v) is 2.10. The van der Waals surface area contributed by atoms with Crippen LogP contribution in [0.5, 0.6) is 0 Å². The Kier molecular flexibility index (Phi) is 3.47. The van der Waals surface area contributed by atoms with Crippen LogP contribution in [0.4, 0.5) is 0 Å². The minimum absolute atomic E-state index is 1.03. The molecule has 0 aliphatic rings. The van der Waals surface area contributed by atoms with E-state index < -0.39 is 0 Å². The zero-order chi connectivity index (χ0) is 10.6. The molecule has 0 radical (unpaired) electrons. The van der Waals surface area contributed by atoms with Gasteiger partial charge < -0.3 is 0 Å². The van der Waals surface area contributed by atoms with Crippen molar-refractivity contribution >= 4 is 11.1 Å². The summed E-state index contributed by atoms with van der Waals surface area (Å²) in [5.41, 5.74) is 4.45. The fraction of sp³-hybridized carbons (Fsp3) is 0.143. The summed E-state index contributed by atoms with van der Waals surface area (Å²) < 4.78 is 0. The zero-order valence-corrected chi connectivity index (χ0v) is 8.88. The van der Waals surface area contributed by atoms with Crippen LogP contribution in [-0.4, -0.2) is 0 Å². The van der Waals surface area contributed by atoms with Crippen LogP contribution in [0.15, 0.2) is 49.6 Å². The molecule has 0 aliphatic heterocycles. The van der Waals surface area contributed by atoms with Crippen molar-refractivity contribution in [2.75, 3.05) is 0 Å². The minimum Gasteiger partial charge on any atom is -0.0955 e. The highest BCUT2D eigenvalue weighted by atomic mass is 14.1. The molecule has 0 aromatic heterocycles. The number of allylic oxidation sites excluding steroid dienone is 4. The van der Waals surface area contributed by atoms with Gasteiger partial charge in [-0.25, -0.2) is 0 Å². The van der Waals surface area contributed by atoms with E-state index in [2.05, 4.69) is 25.3 Å². The Balaban J connectivity index is 3.20. The quantitative estimate of drug-likeness (QED) is 0.614. The van der Waals surface area contributed by atoms with Gasteiger partial charge >= 0.3 is 0 Å². The first-order valence-corrected chi connectivity index (χ1v) is 4.73. The van der Waals surface area contributed by atoms with E-state index in [1.165, 1.54) is 5.56 Å². The molecule has 0 heteroatoms. The van der Waals surface area contributed by atoms with Crippen LogP contribution >= 0.6 is 0 Å². The van der Waals surface area contributed by atoms with E-state index in [4.69, 9.17) is 0 Å². The molecule has 0 aliphatic carbocycles. The standard InChI is InChI=1S/C14H16/c1-5-8-12(4)14-10-7-6-9-13(14)11(2)3/h5-10H,2,4H2,1,3H3/b8-5+. The van der Waals surface area contributed by atoms with Gasteiger partial charge in [0.2, 0.25) is 0 Å². The molecule has 0 unspecified atom stereocenters. The van der Waals surface area contributed by atoms with Crippen LogP contribution in [0, 0.1) is 0 Å². The summed E-state index contributed by atoms with van der Waals surface area (Å²) >= 11 is 0. The molecule has 0 nitrogen and oxygen atoms in total. The van der Waals surface area contributed by atoms with Crippen LogP contribution in [0.2, 0.25) is 0 Å². The topological polar surface area (TPSA) is 0 Å². The summed E-state index contributed by atoms with van der Waals surface area (Å²) in [7, 11) is 0. The second-order valence-electron chi connectivity index (χ2n) is 3.35. The Bertz CT molecular complexity index is 381. The number of rotatable bonds is 3. The first kappa shape index (κ1) is 10.5. The molecular formula is C14H16. The molecule has 1 aromatic carbocycles. The lowest BCUT2D eigenvalue weighted by atomic mass is 9.96. The lowest BCUT2D eigenvalue weighted by Crippen LogP contribution is -1.87. The third-order valence-electron chi connectivity index (χ3n) is 2.10. The second-order valence-corrected chi connectivity index (χ2v) is 3.35. The van der Waals surface area contributed by atoms with Crippen molar-refractivity contribution in [1.82, 2.24) is 0 Å². The first-order chi connectivity index (χ1) is 6.66. The summed E-state index contributed by atoms with van der Waals surface area (Å²) in [6, 6.07) is 8.20. The fourth-order valence-corrected chi connectivity index (χ4v) is 1.43. The smallest absolute Gasteiger partial charge is 0.0115 e.